The maximum Gasteiger partial charge on any atom is 0.0491 e. The zero-order chi connectivity index (χ0) is 13.2. The molecule has 0 aliphatic carbocycles. The molecule has 0 unspecified atom stereocenters. The summed E-state index contributed by atoms with van der Waals surface area (Å²) < 4.78 is 2.36. The van der Waals surface area contributed by atoms with Crippen LogP contribution in [0.5, 0.6) is 0 Å². The molecule has 0 atom stereocenters. The Morgan fingerprint density at radius 1 is 1.05 bits per heavy atom. The Labute approximate surface area is 118 Å². The van der Waals surface area contributed by atoms with Gasteiger partial charge in [0.15, 0.2) is 0 Å². The summed E-state index contributed by atoms with van der Waals surface area (Å²) in [6.45, 7) is 3.17. The highest BCUT2D eigenvalue weighted by Crippen LogP contribution is 2.29. The Morgan fingerprint density at radius 2 is 1.84 bits per heavy atom. The van der Waals surface area contributed by atoms with E-state index in [0.717, 1.165) is 6.54 Å². The zero-order valence-electron chi connectivity index (χ0n) is 10.9. The molecular weight excluding hydrogens is 254 g/mol. The van der Waals surface area contributed by atoms with Crippen LogP contribution in [0, 0.1) is 0 Å². The number of hydrogen-bond donors (Lipinski definition) is 0. The molecule has 3 rings (SSSR count). The molecule has 0 N–H and O–H groups in total. The van der Waals surface area contributed by atoms with Crippen LogP contribution in [0.25, 0.3) is 27.9 Å². The number of alkyl halides is 1. The maximum atomic E-state index is 5.70. The molecule has 1 nitrogen and oxygen atoms in total. The number of aromatic nitrogens is 1. The summed E-state index contributed by atoms with van der Waals surface area (Å²) in [5.41, 5.74) is 3.80. The van der Waals surface area contributed by atoms with Crippen LogP contribution in [0.1, 0.15) is 12.5 Å². The lowest BCUT2D eigenvalue weighted by Gasteiger charge is -2.02. The predicted octanol–water partition coefficient (Wildman–Crippen LogP) is 5.07. The quantitative estimate of drug-likeness (QED) is 0.585. The van der Waals surface area contributed by atoms with Gasteiger partial charge in [-0.1, -0.05) is 36.4 Å². The van der Waals surface area contributed by atoms with Gasteiger partial charge in [0, 0.05) is 34.2 Å². The standard InChI is InChI=1S/C17H16ClN/c1-2-19-16-8-4-3-7-14(16)15-12-13(6-5-11-18)9-10-17(15)19/h3-10,12H,2,11H2,1H3. The predicted molar refractivity (Wildman–Crippen MR) is 84.9 cm³/mol. The molecule has 2 heteroatoms. The van der Waals surface area contributed by atoms with Crippen molar-refractivity contribution in [3.8, 4) is 0 Å². The van der Waals surface area contributed by atoms with Crippen LogP contribution < -0.4 is 0 Å². The minimum atomic E-state index is 0.550. The largest absolute Gasteiger partial charge is 0.341 e. The minimum Gasteiger partial charge on any atom is -0.341 e. The van der Waals surface area contributed by atoms with E-state index in [4.69, 9.17) is 11.6 Å². The van der Waals surface area contributed by atoms with Crippen molar-refractivity contribution in [1.82, 2.24) is 4.57 Å². The molecule has 0 aliphatic heterocycles. The highest BCUT2D eigenvalue weighted by Gasteiger charge is 2.08. The Morgan fingerprint density at radius 3 is 2.63 bits per heavy atom. The van der Waals surface area contributed by atoms with E-state index < -0.39 is 0 Å². The summed E-state index contributed by atoms with van der Waals surface area (Å²) in [5.74, 6) is 0.550. The zero-order valence-corrected chi connectivity index (χ0v) is 11.7. The average molecular weight is 270 g/mol. The van der Waals surface area contributed by atoms with E-state index in [9.17, 15) is 0 Å². The molecule has 0 radical (unpaired) electrons. The van der Waals surface area contributed by atoms with Gasteiger partial charge in [0.1, 0.15) is 0 Å². The van der Waals surface area contributed by atoms with Crippen molar-refractivity contribution in [3.05, 3.63) is 54.1 Å². The molecule has 0 bridgehead atoms. The monoisotopic (exact) mass is 269 g/mol. The fraction of sp³-hybridized carbons (Fsp3) is 0.176. The van der Waals surface area contributed by atoms with Crippen molar-refractivity contribution in [1.29, 1.82) is 0 Å². The average Bonchev–Trinajstić information content (AvgIpc) is 2.78. The topological polar surface area (TPSA) is 4.93 Å². The first-order valence-corrected chi connectivity index (χ1v) is 7.12. The molecule has 0 aliphatic rings. The lowest BCUT2D eigenvalue weighted by atomic mass is 10.1. The van der Waals surface area contributed by atoms with Gasteiger partial charge >= 0.3 is 0 Å². The van der Waals surface area contributed by atoms with E-state index >= 15 is 0 Å². The number of para-hydroxylation sites is 1. The van der Waals surface area contributed by atoms with Crippen molar-refractivity contribution in [2.45, 2.75) is 13.5 Å². The van der Waals surface area contributed by atoms with Crippen molar-refractivity contribution in [2.24, 2.45) is 0 Å². The van der Waals surface area contributed by atoms with Gasteiger partial charge in [-0.05, 0) is 30.7 Å². The lowest BCUT2D eigenvalue weighted by molar-refractivity contribution is 0.827. The Hall–Kier alpha value is -1.73. The second-order valence-electron chi connectivity index (χ2n) is 4.59. The van der Waals surface area contributed by atoms with Crippen LogP contribution in [0.3, 0.4) is 0 Å². The summed E-state index contributed by atoms with van der Waals surface area (Å²) >= 11 is 5.70. The third-order valence-corrected chi connectivity index (χ3v) is 3.69. The Bertz CT molecular complexity index is 752. The molecule has 3 aromatic rings. The highest BCUT2D eigenvalue weighted by atomic mass is 35.5. The summed E-state index contributed by atoms with van der Waals surface area (Å²) in [5, 5.41) is 2.63. The van der Waals surface area contributed by atoms with E-state index in [1.165, 1.54) is 27.4 Å². The number of nitrogens with zero attached hydrogens (tertiary/aromatic N) is 1. The Kier molecular flexibility index (Phi) is 3.31. The first-order valence-electron chi connectivity index (χ1n) is 6.58. The van der Waals surface area contributed by atoms with Crippen molar-refractivity contribution < 1.29 is 0 Å². The number of rotatable bonds is 3. The molecule has 0 spiro atoms. The van der Waals surface area contributed by atoms with E-state index in [-0.39, 0.29) is 0 Å². The van der Waals surface area contributed by atoms with E-state index in [2.05, 4.69) is 60.0 Å². The second kappa shape index (κ2) is 5.10. The first-order chi connectivity index (χ1) is 9.35. The maximum absolute atomic E-state index is 5.70. The molecule has 2 aromatic carbocycles. The normalized spacial score (nSPS) is 11.9. The molecule has 0 saturated carbocycles. The molecule has 1 heterocycles. The summed E-state index contributed by atoms with van der Waals surface area (Å²) in [4.78, 5) is 0. The highest BCUT2D eigenvalue weighted by molar-refractivity contribution is 6.19. The van der Waals surface area contributed by atoms with E-state index in [0.29, 0.717) is 5.88 Å². The van der Waals surface area contributed by atoms with Gasteiger partial charge in [0.2, 0.25) is 0 Å². The molecule has 0 fully saturated rings. The number of hydrogen-bond acceptors (Lipinski definition) is 0. The number of benzene rings is 2. The van der Waals surface area contributed by atoms with E-state index in [1.54, 1.807) is 0 Å². The van der Waals surface area contributed by atoms with Crippen LogP contribution >= 0.6 is 11.6 Å². The van der Waals surface area contributed by atoms with Gasteiger partial charge < -0.3 is 4.57 Å². The number of allylic oxidation sites excluding steroid dienone is 1. The van der Waals surface area contributed by atoms with Crippen LogP contribution in [0.15, 0.2) is 48.5 Å². The van der Waals surface area contributed by atoms with Gasteiger partial charge in [-0.15, -0.1) is 11.6 Å². The third kappa shape index (κ3) is 2.04. The lowest BCUT2D eigenvalue weighted by Crippen LogP contribution is -1.92. The molecule has 0 saturated heterocycles. The second-order valence-corrected chi connectivity index (χ2v) is 4.90. The molecule has 1 aromatic heterocycles. The number of halogens is 1. The van der Waals surface area contributed by atoms with Crippen LogP contribution in [0.4, 0.5) is 0 Å². The minimum absolute atomic E-state index is 0.550. The van der Waals surface area contributed by atoms with E-state index in [1.807, 2.05) is 6.08 Å². The fourth-order valence-electron chi connectivity index (χ4n) is 2.70. The van der Waals surface area contributed by atoms with Gasteiger partial charge in [0.25, 0.3) is 0 Å². The number of aryl methyl sites for hydroxylation is 1. The SMILES string of the molecule is CCn1c2ccccc2c2cc(C=CCCl)ccc21. The summed E-state index contributed by atoms with van der Waals surface area (Å²) in [6, 6.07) is 15.2. The van der Waals surface area contributed by atoms with Gasteiger partial charge in [0.05, 0.1) is 0 Å². The van der Waals surface area contributed by atoms with Crippen molar-refractivity contribution >= 4 is 39.5 Å². The fourth-order valence-corrected chi connectivity index (χ4v) is 2.79. The first kappa shape index (κ1) is 12.3. The van der Waals surface area contributed by atoms with Crippen molar-refractivity contribution in [3.63, 3.8) is 0 Å². The molecule has 19 heavy (non-hydrogen) atoms. The Balaban J connectivity index is 2.33. The van der Waals surface area contributed by atoms with Crippen LogP contribution in [0.2, 0.25) is 0 Å². The molecular formula is C17H16ClN. The number of fused-ring (bicyclic) bond motifs is 3. The van der Waals surface area contributed by atoms with Crippen LogP contribution in [-0.4, -0.2) is 10.4 Å². The van der Waals surface area contributed by atoms with Gasteiger partial charge in [-0.25, -0.2) is 0 Å². The van der Waals surface area contributed by atoms with Gasteiger partial charge in [-0.3, -0.25) is 0 Å². The molecule has 96 valence electrons. The summed E-state index contributed by atoms with van der Waals surface area (Å²) in [7, 11) is 0. The smallest absolute Gasteiger partial charge is 0.0491 e. The van der Waals surface area contributed by atoms with Crippen LogP contribution in [-0.2, 0) is 6.54 Å². The van der Waals surface area contributed by atoms with Crippen molar-refractivity contribution in [2.75, 3.05) is 5.88 Å². The molecule has 0 amide bonds. The van der Waals surface area contributed by atoms with Gasteiger partial charge in [-0.2, -0.15) is 0 Å². The third-order valence-electron chi connectivity index (χ3n) is 3.51. The summed E-state index contributed by atoms with van der Waals surface area (Å²) in [6.07, 6.45) is 4.05.